The first-order valence-corrected chi connectivity index (χ1v) is 22.2. The lowest BCUT2D eigenvalue weighted by atomic mass is 9.89. The predicted octanol–water partition coefficient (Wildman–Crippen LogP) is 13.8. The maximum atomic E-state index is 7.15. The topological polar surface area (TPSA) is 21.7 Å². The highest BCUT2D eigenvalue weighted by Gasteiger charge is 2.78. The predicted molar refractivity (Wildman–Crippen MR) is 217 cm³/mol. The Kier molecular flexibility index (Phi) is 19.5. The molecular formula is C47H81NO2. The van der Waals surface area contributed by atoms with Gasteiger partial charge >= 0.3 is 0 Å². The number of fused-ring (bicyclic) bond motifs is 8. The van der Waals surface area contributed by atoms with Gasteiger partial charge in [0.05, 0.1) is 12.2 Å². The highest BCUT2D eigenvalue weighted by Crippen LogP contribution is 2.73. The third kappa shape index (κ3) is 12.8. The summed E-state index contributed by atoms with van der Waals surface area (Å²) in [4.78, 5) is 2.55. The third-order valence-electron chi connectivity index (χ3n) is 12.9. The maximum absolute atomic E-state index is 7.15. The molecule has 3 heteroatoms. The van der Waals surface area contributed by atoms with Crippen LogP contribution in [0.3, 0.4) is 0 Å². The fourth-order valence-electron chi connectivity index (χ4n) is 9.96. The molecule has 1 aliphatic heterocycles. The molecule has 1 saturated heterocycles. The molecule has 0 aromatic heterocycles. The molecule has 1 heterocycles. The van der Waals surface area contributed by atoms with Crippen molar-refractivity contribution in [3.05, 3.63) is 48.6 Å². The van der Waals surface area contributed by atoms with E-state index in [0.29, 0.717) is 23.7 Å². The minimum Gasteiger partial charge on any atom is -0.344 e. The van der Waals surface area contributed by atoms with Gasteiger partial charge in [-0.1, -0.05) is 140 Å². The Bertz CT molecular complexity index is 963. The Morgan fingerprint density at radius 2 is 0.920 bits per heavy atom. The van der Waals surface area contributed by atoms with E-state index in [4.69, 9.17) is 9.47 Å². The highest BCUT2D eigenvalue weighted by atomic mass is 16.8. The minimum atomic E-state index is -0.305. The van der Waals surface area contributed by atoms with Crippen molar-refractivity contribution in [3.8, 4) is 0 Å². The van der Waals surface area contributed by atoms with Gasteiger partial charge in [0.15, 0.2) is 5.79 Å². The third-order valence-corrected chi connectivity index (χ3v) is 12.9. The Hall–Kier alpha value is -1.16. The first-order valence-electron chi connectivity index (χ1n) is 22.2. The largest absolute Gasteiger partial charge is 0.344 e. The van der Waals surface area contributed by atoms with Gasteiger partial charge in [-0.05, 0) is 116 Å². The fourth-order valence-corrected chi connectivity index (χ4v) is 9.96. The molecule has 50 heavy (non-hydrogen) atoms. The summed E-state index contributed by atoms with van der Waals surface area (Å²) in [5.74, 6) is 1.97. The molecule has 0 spiro atoms. The van der Waals surface area contributed by atoms with Crippen LogP contribution in [0.2, 0.25) is 0 Å². The number of nitrogens with zero attached hydrogens (tertiary/aromatic N) is 1. The SMILES string of the molecule is CCCCC/C=C\C/C=C\CCCCCCCCC1(CCCCCCCC/C=C\C/C=C\CCCCC)O[C@@H]2C3CC([C@H]2O1)C1(N(C)C)CC31. The van der Waals surface area contributed by atoms with E-state index in [1.165, 1.54) is 154 Å². The number of hydrogen-bond acceptors (Lipinski definition) is 3. The number of allylic oxidation sites excluding steroid dienone is 8. The van der Waals surface area contributed by atoms with Gasteiger partial charge in [-0.2, -0.15) is 0 Å². The van der Waals surface area contributed by atoms with Crippen LogP contribution in [0.25, 0.3) is 0 Å². The first-order chi connectivity index (χ1) is 24.6. The van der Waals surface area contributed by atoms with Gasteiger partial charge < -0.3 is 14.4 Å². The fraction of sp³-hybridized carbons (Fsp3) is 0.830. The lowest BCUT2D eigenvalue weighted by Gasteiger charge is -2.35. The molecule has 0 N–H and O–H groups in total. The summed E-state index contributed by atoms with van der Waals surface area (Å²) in [6.07, 6.45) is 55.8. The van der Waals surface area contributed by atoms with E-state index in [0.717, 1.165) is 37.5 Å². The summed E-state index contributed by atoms with van der Waals surface area (Å²) in [6.45, 7) is 4.55. The average molecular weight is 692 g/mol. The van der Waals surface area contributed by atoms with Gasteiger partial charge in [-0.15, -0.1) is 0 Å². The molecule has 3 saturated carbocycles. The Balaban J connectivity index is 1.08. The zero-order chi connectivity index (χ0) is 35.3. The second-order valence-electron chi connectivity index (χ2n) is 16.9. The molecule has 4 fully saturated rings. The summed E-state index contributed by atoms with van der Waals surface area (Å²) < 4.78 is 14.3. The second-order valence-corrected chi connectivity index (χ2v) is 16.9. The number of ether oxygens (including phenoxy) is 2. The number of hydrogen-bond donors (Lipinski definition) is 0. The lowest BCUT2D eigenvalue weighted by molar-refractivity contribution is -0.198. The Morgan fingerprint density at radius 3 is 1.38 bits per heavy atom. The normalized spacial score (nSPS) is 28.1. The summed E-state index contributed by atoms with van der Waals surface area (Å²) in [6, 6.07) is 0. The van der Waals surface area contributed by atoms with Crippen LogP contribution < -0.4 is 0 Å². The van der Waals surface area contributed by atoms with E-state index < -0.39 is 0 Å². The highest BCUT2D eigenvalue weighted by molar-refractivity contribution is 5.29. The summed E-state index contributed by atoms with van der Waals surface area (Å²) in [5.41, 5.74) is 0.422. The standard InChI is InChI=1S/C47H81NO2/c1-5-7-9-11-13-15-17-19-21-23-25-27-29-31-33-35-37-46(49-44-41-39-42(45(44)50-46)47(48(3)4)40-43(41)47)38-36-34-32-30-28-26-24-22-20-18-16-14-12-10-8-6-2/h13-16,19-22,41-45H,5-12,17-18,23-40H2,1-4H3/b15-13-,16-14-,21-19-,22-20-/t41?,42?,43?,44-,45-,47?/m1/s1. The summed E-state index contributed by atoms with van der Waals surface area (Å²) in [7, 11) is 4.62. The molecule has 0 amide bonds. The van der Waals surface area contributed by atoms with Crippen molar-refractivity contribution in [3.63, 3.8) is 0 Å². The molecule has 3 aliphatic carbocycles. The molecule has 4 rings (SSSR count). The minimum absolute atomic E-state index is 0.305. The van der Waals surface area contributed by atoms with E-state index in [-0.39, 0.29) is 5.79 Å². The van der Waals surface area contributed by atoms with Crippen LogP contribution in [0, 0.1) is 17.8 Å². The van der Waals surface area contributed by atoms with Crippen LogP contribution in [-0.4, -0.2) is 42.5 Å². The molecule has 0 aromatic carbocycles. The van der Waals surface area contributed by atoms with Crippen LogP contribution in [0.15, 0.2) is 48.6 Å². The molecular weight excluding hydrogens is 611 g/mol. The Morgan fingerprint density at radius 1 is 0.500 bits per heavy atom. The average Bonchev–Trinajstić information content (AvgIpc) is 3.46. The van der Waals surface area contributed by atoms with Crippen LogP contribution in [0.4, 0.5) is 0 Å². The number of unbranched alkanes of at least 4 members (excludes halogenated alkanes) is 18. The monoisotopic (exact) mass is 692 g/mol. The molecule has 4 aliphatic rings. The van der Waals surface area contributed by atoms with Crippen molar-refractivity contribution >= 4 is 0 Å². The van der Waals surface area contributed by atoms with Crippen molar-refractivity contribution in [2.24, 2.45) is 17.8 Å². The van der Waals surface area contributed by atoms with E-state index in [1.807, 2.05) is 0 Å². The molecule has 4 unspecified atom stereocenters. The van der Waals surface area contributed by atoms with Crippen molar-refractivity contribution in [1.82, 2.24) is 4.90 Å². The maximum Gasteiger partial charge on any atom is 0.169 e. The zero-order valence-corrected chi connectivity index (χ0v) is 33.6. The lowest BCUT2D eigenvalue weighted by Crippen LogP contribution is -2.46. The quantitative estimate of drug-likeness (QED) is 0.0533. The van der Waals surface area contributed by atoms with E-state index in [1.54, 1.807) is 0 Å². The van der Waals surface area contributed by atoms with Crippen molar-refractivity contribution in [2.75, 3.05) is 14.1 Å². The van der Waals surface area contributed by atoms with Crippen LogP contribution >= 0.6 is 0 Å². The van der Waals surface area contributed by atoms with Gasteiger partial charge in [0.1, 0.15) is 0 Å². The van der Waals surface area contributed by atoms with E-state index in [9.17, 15) is 0 Å². The summed E-state index contributed by atoms with van der Waals surface area (Å²) >= 11 is 0. The second kappa shape index (κ2) is 23.5. The smallest absolute Gasteiger partial charge is 0.169 e. The van der Waals surface area contributed by atoms with Gasteiger partial charge in [-0.25, -0.2) is 0 Å². The van der Waals surface area contributed by atoms with Crippen LogP contribution in [-0.2, 0) is 9.47 Å². The Labute approximate surface area is 311 Å². The summed E-state index contributed by atoms with van der Waals surface area (Å²) in [5, 5.41) is 0. The first kappa shape index (κ1) is 41.6. The van der Waals surface area contributed by atoms with Crippen LogP contribution in [0.5, 0.6) is 0 Å². The van der Waals surface area contributed by atoms with Crippen molar-refractivity contribution < 1.29 is 9.47 Å². The molecule has 6 atom stereocenters. The van der Waals surface area contributed by atoms with Gasteiger partial charge in [0.2, 0.25) is 0 Å². The molecule has 286 valence electrons. The van der Waals surface area contributed by atoms with Crippen molar-refractivity contribution in [2.45, 2.75) is 217 Å². The van der Waals surface area contributed by atoms with E-state index >= 15 is 0 Å². The van der Waals surface area contributed by atoms with E-state index in [2.05, 4.69) is 81.5 Å². The molecule has 3 nitrogen and oxygen atoms in total. The number of rotatable bonds is 31. The molecule has 0 aromatic rings. The molecule has 0 radical (unpaired) electrons. The van der Waals surface area contributed by atoms with Gasteiger partial charge in [0, 0.05) is 24.3 Å². The van der Waals surface area contributed by atoms with Crippen molar-refractivity contribution in [1.29, 1.82) is 0 Å². The van der Waals surface area contributed by atoms with Gasteiger partial charge in [-0.3, -0.25) is 0 Å². The van der Waals surface area contributed by atoms with Crippen LogP contribution in [0.1, 0.15) is 194 Å². The zero-order valence-electron chi connectivity index (χ0n) is 33.6. The molecule has 2 bridgehead atoms. The van der Waals surface area contributed by atoms with Gasteiger partial charge in [0.25, 0.3) is 0 Å².